The average Bonchev–Trinajstić information content (AvgIpc) is 2.22. The first-order valence-corrected chi connectivity index (χ1v) is 4.93. The fourth-order valence-corrected chi connectivity index (χ4v) is 0.993. The molecule has 0 atom stereocenters. The Labute approximate surface area is 89.0 Å². The van der Waals surface area contributed by atoms with Crippen LogP contribution in [0.4, 0.5) is 10.5 Å². The molecule has 4 nitrogen and oxygen atoms in total. The Bertz CT molecular complexity index is 325. The van der Waals surface area contributed by atoms with Gasteiger partial charge in [-0.3, -0.25) is 0 Å². The van der Waals surface area contributed by atoms with E-state index < -0.39 is 6.16 Å². The van der Waals surface area contributed by atoms with Crippen LogP contribution in [-0.2, 0) is 4.74 Å². The number of unbranched alkanes of at least 4 members (excludes halogenated alkanes) is 1. The summed E-state index contributed by atoms with van der Waals surface area (Å²) in [4.78, 5) is 11.1. The van der Waals surface area contributed by atoms with Crippen LogP contribution in [0.2, 0.25) is 0 Å². The summed E-state index contributed by atoms with van der Waals surface area (Å²) in [6.07, 6.45) is 1.10. The third kappa shape index (κ3) is 3.89. The first-order valence-electron chi connectivity index (χ1n) is 4.93. The van der Waals surface area contributed by atoms with Gasteiger partial charge in [0, 0.05) is 0 Å². The van der Waals surface area contributed by atoms with Crippen LogP contribution in [0.15, 0.2) is 24.3 Å². The van der Waals surface area contributed by atoms with E-state index in [1.54, 1.807) is 24.3 Å². The van der Waals surface area contributed by atoms with Crippen molar-refractivity contribution in [2.45, 2.75) is 19.8 Å². The quantitative estimate of drug-likeness (QED) is 0.358. The Morgan fingerprint density at radius 1 is 1.40 bits per heavy atom. The first-order chi connectivity index (χ1) is 7.24. The summed E-state index contributed by atoms with van der Waals surface area (Å²) in [5.74, 6) is 0.332. The van der Waals surface area contributed by atoms with Crippen LogP contribution in [0.3, 0.4) is 0 Å². The molecule has 0 radical (unpaired) electrons. The van der Waals surface area contributed by atoms with Crippen molar-refractivity contribution < 1.29 is 14.3 Å². The van der Waals surface area contributed by atoms with Crippen molar-refractivity contribution in [1.29, 1.82) is 0 Å². The number of rotatable bonds is 4. The maximum Gasteiger partial charge on any atom is 0.513 e. The highest BCUT2D eigenvalue weighted by Crippen LogP contribution is 2.20. The predicted octanol–water partition coefficient (Wildman–Crippen LogP) is 2.58. The molecule has 82 valence electrons. The molecule has 1 aromatic carbocycles. The van der Waals surface area contributed by atoms with E-state index in [1.807, 2.05) is 6.92 Å². The minimum atomic E-state index is -0.707. The molecule has 0 saturated heterocycles. The molecule has 0 aliphatic heterocycles. The highest BCUT2D eigenvalue weighted by Gasteiger charge is 2.07. The third-order valence-electron chi connectivity index (χ3n) is 1.83. The Hall–Kier alpha value is -1.71. The van der Waals surface area contributed by atoms with E-state index in [4.69, 9.17) is 15.2 Å². The van der Waals surface area contributed by atoms with Crippen molar-refractivity contribution in [3.63, 3.8) is 0 Å². The summed E-state index contributed by atoms with van der Waals surface area (Å²) in [6.45, 7) is 2.39. The van der Waals surface area contributed by atoms with Gasteiger partial charge in [-0.25, -0.2) is 4.79 Å². The van der Waals surface area contributed by atoms with E-state index in [0.29, 0.717) is 18.0 Å². The predicted molar refractivity (Wildman–Crippen MR) is 57.7 cm³/mol. The second-order valence-electron chi connectivity index (χ2n) is 3.09. The molecule has 0 bridgehead atoms. The van der Waals surface area contributed by atoms with Gasteiger partial charge in [0.15, 0.2) is 5.75 Å². The van der Waals surface area contributed by atoms with Gasteiger partial charge < -0.3 is 15.2 Å². The van der Waals surface area contributed by atoms with E-state index in [2.05, 4.69) is 0 Å². The van der Waals surface area contributed by atoms with Crippen LogP contribution >= 0.6 is 0 Å². The SMILES string of the molecule is CCCCOC(=O)Oc1ccccc1N. The number of carbonyl (C=O) groups is 1. The molecule has 0 aromatic heterocycles. The average molecular weight is 209 g/mol. The molecule has 0 aliphatic rings. The minimum absolute atomic E-state index is 0.332. The normalized spacial score (nSPS) is 9.67. The maximum absolute atomic E-state index is 11.1. The summed E-state index contributed by atoms with van der Waals surface area (Å²) < 4.78 is 9.73. The van der Waals surface area contributed by atoms with E-state index in [0.717, 1.165) is 12.8 Å². The van der Waals surface area contributed by atoms with Crippen LogP contribution in [0.5, 0.6) is 5.75 Å². The van der Waals surface area contributed by atoms with E-state index in [9.17, 15) is 4.79 Å². The van der Waals surface area contributed by atoms with Gasteiger partial charge in [-0.05, 0) is 18.6 Å². The molecule has 0 saturated carbocycles. The molecular formula is C11H15NO3. The number of benzene rings is 1. The fourth-order valence-electron chi connectivity index (χ4n) is 0.993. The van der Waals surface area contributed by atoms with Crippen molar-refractivity contribution in [3.05, 3.63) is 24.3 Å². The van der Waals surface area contributed by atoms with Crippen molar-refractivity contribution >= 4 is 11.8 Å². The zero-order valence-electron chi connectivity index (χ0n) is 8.73. The molecule has 0 spiro atoms. The molecule has 0 heterocycles. The zero-order chi connectivity index (χ0) is 11.1. The smallest absolute Gasteiger partial charge is 0.434 e. The summed E-state index contributed by atoms with van der Waals surface area (Å²) in [5, 5.41) is 0. The summed E-state index contributed by atoms with van der Waals surface area (Å²) >= 11 is 0. The number of anilines is 1. The second kappa shape index (κ2) is 5.90. The number of ether oxygens (including phenoxy) is 2. The van der Waals surface area contributed by atoms with Crippen LogP contribution in [0.1, 0.15) is 19.8 Å². The van der Waals surface area contributed by atoms with Crippen LogP contribution in [-0.4, -0.2) is 12.8 Å². The zero-order valence-corrected chi connectivity index (χ0v) is 8.73. The summed E-state index contributed by atoms with van der Waals surface area (Å²) in [5.41, 5.74) is 6.01. The summed E-state index contributed by atoms with van der Waals surface area (Å²) in [7, 11) is 0. The third-order valence-corrected chi connectivity index (χ3v) is 1.83. The van der Waals surface area contributed by atoms with Crippen LogP contribution in [0, 0.1) is 0 Å². The Kier molecular flexibility index (Phi) is 4.47. The lowest BCUT2D eigenvalue weighted by Gasteiger charge is -2.06. The van der Waals surface area contributed by atoms with Gasteiger partial charge in [-0.2, -0.15) is 0 Å². The maximum atomic E-state index is 11.1. The first kappa shape index (κ1) is 11.4. The standard InChI is InChI=1S/C11H15NO3/c1-2-3-8-14-11(13)15-10-7-5-4-6-9(10)12/h4-7H,2-3,8,12H2,1H3. The molecule has 0 unspecified atom stereocenters. The molecule has 1 rings (SSSR count). The van der Waals surface area contributed by atoms with Gasteiger partial charge >= 0.3 is 6.16 Å². The Balaban J connectivity index is 2.41. The van der Waals surface area contributed by atoms with Crippen molar-refractivity contribution in [2.24, 2.45) is 0 Å². The lowest BCUT2D eigenvalue weighted by atomic mass is 10.3. The number of hydrogen-bond donors (Lipinski definition) is 1. The molecule has 2 N–H and O–H groups in total. The van der Waals surface area contributed by atoms with Crippen molar-refractivity contribution in [1.82, 2.24) is 0 Å². The largest absolute Gasteiger partial charge is 0.513 e. The van der Waals surface area contributed by atoms with Gasteiger partial charge in [0.1, 0.15) is 0 Å². The van der Waals surface area contributed by atoms with Crippen LogP contribution in [0.25, 0.3) is 0 Å². The van der Waals surface area contributed by atoms with Crippen molar-refractivity contribution in [2.75, 3.05) is 12.3 Å². The van der Waals surface area contributed by atoms with Gasteiger partial charge in [0.05, 0.1) is 12.3 Å². The molecule has 0 amide bonds. The highest BCUT2D eigenvalue weighted by molar-refractivity contribution is 5.67. The lowest BCUT2D eigenvalue weighted by molar-refractivity contribution is 0.0981. The number of nitrogen functional groups attached to an aromatic ring is 1. The van der Waals surface area contributed by atoms with Gasteiger partial charge in [-0.1, -0.05) is 25.5 Å². The van der Waals surface area contributed by atoms with E-state index in [1.165, 1.54) is 0 Å². The molecule has 4 heteroatoms. The number of carbonyl (C=O) groups excluding carboxylic acids is 1. The molecule has 1 aromatic rings. The molecular weight excluding hydrogens is 194 g/mol. The monoisotopic (exact) mass is 209 g/mol. The Morgan fingerprint density at radius 3 is 2.80 bits per heavy atom. The molecule has 0 fully saturated rings. The number of para-hydroxylation sites is 2. The van der Waals surface area contributed by atoms with Crippen LogP contribution < -0.4 is 10.5 Å². The number of hydrogen-bond acceptors (Lipinski definition) is 4. The van der Waals surface area contributed by atoms with Gasteiger partial charge in [0.2, 0.25) is 0 Å². The minimum Gasteiger partial charge on any atom is -0.434 e. The number of nitrogens with two attached hydrogens (primary N) is 1. The van der Waals surface area contributed by atoms with Crippen molar-refractivity contribution in [3.8, 4) is 5.75 Å². The van der Waals surface area contributed by atoms with Gasteiger partial charge in [-0.15, -0.1) is 0 Å². The Morgan fingerprint density at radius 2 is 2.13 bits per heavy atom. The second-order valence-corrected chi connectivity index (χ2v) is 3.09. The van der Waals surface area contributed by atoms with Gasteiger partial charge in [0.25, 0.3) is 0 Å². The van der Waals surface area contributed by atoms with E-state index in [-0.39, 0.29) is 0 Å². The van der Waals surface area contributed by atoms with E-state index >= 15 is 0 Å². The highest BCUT2D eigenvalue weighted by atomic mass is 16.7. The lowest BCUT2D eigenvalue weighted by Crippen LogP contribution is -2.12. The molecule has 15 heavy (non-hydrogen) atoms. The molecule has 0 aliphatic carbocycles. The fraction of sp³-hybridized carbons (Fsp3) is 0.364. The topological polar surface area (TPSA) is 61.5 Å². The summed E-state index contributed by atoms with van der Waals surface area (Å²) in [6, 6.07) is 6.79.